The lowest BCUT2D eigenvalue weighted by Gasteiger charge is -2.05. The molecule has 188 valence electrons. The van der Waals surface area contributed by atoms with E-state index in [1.54, 1.807) is 28.4 Å². The van der Waals surface area contributed by atoms with Crippen LogP contribution >= 0.6 is 11.3 Å². The van der Waals surface area contributed by atoms with Crippen molar-refractivity contribution < 1.29 is 9.53 Å². The van der Waals surface area contributed by atoms with E-state index in [2.05, 4.69) is 47.2 Å². The van der Waals surface area contributed by atoms with Crippen molar-refractivity contribution in [2.45, 2.75) is 52.4 Å². The molecule has 0 unspecified atom stereocenters. The van der Waals surface area contributed by atoms with Crippen molar-refractivity contribution in [1.29, 1.82) is 0 Å². The van der Waals surface area contributed by atoms with E-state index in [9.17, 15) is 4.79 Å². The van der Waals surface area contributed by atoms with Crippen molar-refractivity contribution in [1.82, 2.24) is 45.8 Å². The third-order valence-corrected chi connectivity index (χ3v) is 6.15. The molecule has 0 aliphatic carbocycles. The topological polar surface area (TPSA) is 133 Å². The Morgan fingerprint density at radius 2 is 1.97 bits per heavy atom. The van der Waals surface area contributed by atoms with Gasteiger partial charge in [-0.3, -0.25) is 24.8 Å². The van der Waals surface area contributed by atoms with Gasteiger partial charge in [0.25, 0.3) is 5.91 Å². The minimum Gasteiger partial charge on any atom is -0.359 e. The average molecular weight is 508 g/mol. The number of pyridine rings is 2. The Morgan fingerprint density at radius 1 is 1.06 bits per heavy atom. The Hall–Kier alpha value is -3.61. The van der Waals surface area contributed by atoms with Gasteiger partial charge in [0.2, 0.25) is 0 Å². The first-order chi connectivity index (χ1) is 17.7. The molecule has 0 aliphatic rings. The second kappa shape index (κ2) is 13.5. The van der Waals surface area contributed by atoms with Crippen LogP contribution in [0.25, 0.3) is 0 Å². The molecule has 2 N–H and O–H groups in total. The van der Waals surface area contributed by atoms with Gasteiger partial charge in [-0.05, 0) is 43.5 Å². The zero-order chi connectivity index (χ0) is 25.0. The van der Waals surface area contributed by atoms with Gasteiger partial charge in [0.1, 0.15) is 16.6 Å². The normalized spacial score (nSPS) is 11.0. The van der Waals surface area contributed by atoms with Crippen LogP contribution in [0.5, 0.6) is 0 Å². The highest BCUT2D eigenvalue weighted by atomic mass is 32.1. The van der Waals surface area contributed by atoms with Gasteiger partial charge in [-0.15, -0.1) is 15.3 Å². The minimum absolute atomic E-state index is 0.266. The van der Waals surface area contributed by atoms with Crippen LogP contribution in [0.1, 0.15) is 50.3 Å². The van der Waals surface area contributed by atoms with E-state index in [4.69, 9.17) is 4.74 Å². The van der Waals surface area contributed by atoms with Gasteiger partial charge >= 0.3 is 0 Å². The number of hydrogen-bond acceptors (Lipinski definition) is 10. The molecule has 0 radical (unpaired) electrons. The summed E-state index contributed by atoms with van der Waals surface area (Å²) in [4.78, 5) is 20.7. The van der Waals surface area contributed by atoms with Gasteiger partial charge in [-0.1, -0.05) is 28.7 Å². The molecule has 1 amide bonds. The van der Waals surface area contributed by atoms with Crippen LogP contribution < -0.4 is 10.6 Å². The predicted molar refractivity (Wildman–Crippen MR) is 134 cm³/mol. The number of carbonyl (C=O) groups excluding carboxylic acids is 1. The number of aryl methyl sites for hydroxylation is 3. The van der Waals surface area contributed by atoms with Crippen molar-refractivity contribution in [3.8, 4) is 0 Å². The second-order valence-electron chi connectivity index (χ2n) is 8.14. The highest BCUT2D eigenvalue weighted by Gasteiger charge is 2.11. The highest BCUT2D eigenvalue weighted by Crippen LogP contribution is 2.14. The number of hydrogen-bond donors (Lipinski definition) is 2. The molecule has 0 atom stereocenters. The first-order valence-corrected chi connectivity index (χ1v) is 12.6. The highest BCUT2D eigenvalue weighted by molar-refractivity contribution is 7.11. The van der Waals surface area contributed by atoms with Crippen LogP contribution in [0.3, 0.4) is 0 Å². The van der Waals surface area contributed by atoms with Crippen LogP contribution in [0.2, 0.25) is 0 Å². The van der Waals surface area contributed by atoms with Gasteiger partial charge in [0, 0.05) is 37.6 Å². The smallest absolute Gasteiger partial charge is 0.273 e. The SMILES string of the molecule is Cc1ccc(CNCOCc2nnc(CCCCn3cc(C(=O)NCc4ccccn4)nn3)s2)cn1. The molecule has 4 heterocycles. The zero-order valence-electron chi connectivity index (χ0n) is 20.1. The molecule has 0 aromatic carbocycles. The molecule has 4 aromatic rings. The summed E-state index contributed by atoms with van der Waals surface area (Å²) in [7, 11) is 0. The van der Waals surface area contributed by atoms with E-state index in [1.807, 2.05) is 37.4 Å². The fourth-order valence-electron chi connectivity index (χ4n) is 3.28. The van der Waals surface area contributed by atoms with E-state index in [-0.39, 0.29) is 5.91 Å². The zero-order valence-corrected chi connectivity index (χ0v) is 20.9. The van der Waals surface area contributed by atoms with E-state index >= 15 is 0 Å². The number of unbranched alkanes of at least 4 members (excludes halogenated alkanes) is 1. The lowest BCUT2D eigenvalue weighted by molar-refractivity contribution is 0.0945. The van der Waals surface area contributed by atoms with Gasteiger partial charge < -0.3 is 10.1 Å². The number of rotatable bonds is 14. The van der Waals surface area contributed by atoms with E-state index in [0.29, 0.717) is 38.7 Å². The summed E-state index contributed by atoms with van der Waals surface area (Å²) in [6, 6.07) is 9.62. The molecule has 11 nitrogen and oxygen atoms in total. The standard InChI is InChI=1S/C24H29N9O2S/c1-18-8-9-19(13-27-18)12-25-17-35-16-23-31-30-22(36-23)7-3-5-11-33-15-21(29-32-33)24(34)28-14-20-6-2-4-10-26-20/h2,4,6,8-10,13,15,25H,3,5,7,11-12,14,16-17H2,1H3,(H,28,34). The Kier molecular flexibility index (Phi) is 9.54. The lowest BCUT2D eigenvalue weighted by Crippen LogP contribution is -2.23. The summed E-state index contributed by atoms with van der Waals surface area (Å²) in [5, 5.41) is 24.4. The summed E-state index contributed by atoms with van der Waals surface area (Å²) in [5.74, 6) is -0.266. The number of amides is 1. The maximum Gasteiger partial charge on any atom is 0.273 e. The van der Waals surface area contributed by atoms with Crippen LogP contribution in [0.4, 0.5) is 0 Å². The summed E-state index contributed by atoms with van der Waals surface area (Å²) >= 11 is 1.57. The van der Waals surface area contributed by atoms with Crippen LogP contribution in [0, 0.1) is 6.92 Å². The number of nitrogens with one attached hydrogen (secondary N) is 2. The Morgan fingerprint density at radius 3 is 2.81 bits per heavy atom. The molecule has 4 rings (SSSR count). The molecule has 0 bridgehead atoms. The first-order valence-electron chi connectivity index (χ1n) is 11.8. The van der Waals surface area contributed by atoms with Crippen LogP contribution in [0.15, 0.2) is 48.9 Å². The fourth-order valence-corrected chi connectivity index (χ4v) is 4.11. The van der Waals surface area contributed by atoms with Crippen LogP contribution in [-0.2, 0) is 37.4 Å². The molecule has 0 spiro atoms. The number of nitrogens with zero attached hydrogens (tertiary/aromatic N) is 7. The number of ether oxygens (including phenoxy) is 1. The summed E-state index contributed by atoms with van der Waals surface area (Å²) in [6.07, 6.45) is 7.88. The van der Waals surface area contributed by atoms with Crippen LogP contribution in [-0.4, -0.2) is 47.8 Å². The Balaban J connectivity index is 1.08. The monoisotopic (exact) mass is 507 g/mol. The second-order valence-corrected chi connectivity index (χ2v) is 9.29. The van der Waals surface area contributed by atoms with Crippen molar-refractivity contribution in [2.24, 2.45) is 0 Å². The third kappa shape index (κ3) is 8.26. The van der Waals surface area contributed by atoms with Gasteiger partial charge in [-0.25, -0.2) is 0 Å². The molecular weight excluding hydrogens is 478 g/mol. The molecule has 36 heavy (non-hydrogen) atoms. The van der Waals surface area contributed by atoms with E-state index < -0.39 is 0 Å². The maximum atomic E-state index is 12.3. The first kappa shape index (κ1) is 25.5. The van der Waals surface area contributed by atoms with Gasteiger partial charge in [0.15, 0.2) is 5.69 Å². The Bertz CT molecular complexity index is 1210. The average Bonchev–Trinajstić information content (AvgIpc) is 3.56. The molecular formula is C24H29N9O2S. The van der Waals surface area contributed by atoms with Crippen molar-refractivity contribution in [3.05, 3.63) is 81.6 Å². The third-order valence-electron chi connectivity index (χ3n) is 5.20. The van der Waals surface area contributed by atoms with Crippen molar-refractivity contribution in [3.63, 3.8) is 0 Å². The van der Waals surface area contributed by atoms with E-state index in [1.165, 1.54) is 0 Å². The van der Waals surface area contributed by atoms with E-state index in [0.717, 1.165) is 46.2 Å². The number of aromatic nitrogens is 7. The summed E-state index contributed by atoms with van der Waals surface area (Å²) < 4.78 is 7.34. The maximum absolute atomic E-state index is 12.3. The summed E-state index contributed by atoms with van der Waals surface area (Å²) in [6.45, 7) is 4.57. The summed E-state index contributed by atoms with van der Waals surface area (Å²) in [5.41, 5.74) is 3.21. The minimum atomic E-state index is -0.266. The molecule has 4 aromatic heterocycles. The molecule has 0 saturated heterocycles. The van der Waals surface area contributed by atoms with Crippen molar-refractivity contribution in [2.75, 3.05) is 6.73 Å². The number of carbonyl (C=O) groups is 1. The Labute approximate surface area is 213 Å². The lowest BCUT2D eigenvalue weighted by atomic mass is 10.2. The largest absolute Gasteiger partial charge is 0.359 e. The quantitative estimate of drug-likeness (QED) is 0.195. The van der Waals surface area contributed by atoms with Gasteiger partial charge in [-0.2, -0.15) is 0 Å². The molecule has 12 heteroatoms. The molecule has 0 fully saturated rings. The predicted octanol–water partition coefficient (Wildman–Crippen LogP) is 2.44. The molecule has 0 aliphatic heterocycles. The fraction of sp³-hybridized carbons (Fsp3) is 0.375. The van der Waals surface area contributed by atoms with Gasteiger partial charge in [0.05, 0.1) is 25.2 Å². The van der Waals surface area contributed by atoms with Crippen molar-refractivity contribution >= 4 is 17.2 Å². The molecule has 0 saturated carbocycles.